The highest BCUT2D eigenvalue weighted by Crippen LogP contribution is 1.78. The van der Waals surface area contributed by atoms with Crippen molar-refractivity contribution in [2.75, 3.05) is 0 Å². The van der Waals surface area contributed by atoms with Gasteiger partial charge in [-0.3, -0.25) is 0 Å². The van der Waals surface area contributed by atoms with Gasteiger partial charge >= 0.3 is 0 Å². The monoisotopic (exact) mass is 97.1 g/mol. The van der Waals surface area contributed by atoms with Gasteiger partial charge < -0.3 is 0 Å². The van der Waals surface area contributed by atoms with Crippen molar-refractivity contribution in [3.63, 3.8) is 0 Å². The molecule has 37 valence electrons. The molecule has 0 aliphatic heterocycles. The first kappa shape index (κ1) is 4.23. The molecule has 0 aliphatic rings. The fourth-order valence-electron chi connectivity index (χ4n) is 0.285. The highest BCUT2D eigenvalue weighted by molar-refractivity contribution is 4.75. The van der Waals surface area contributed by atoms with E-state index in [1.807, 2.05) is 0 Å². The number of hydrogen-bond donors (Lipinski definition) is 1. The Morgan fingerprint density at radius 3 is 2.86 bits per heavy atom. The minimum atomic E-state index is 0.618. The van der Waals surface area contributed by atoms with Gasteiger partial charge in [0.25, 0.3) is 0 Å². The standard InChI is InChI=1S/C3H5N4/c1-2-3-4-6-7-5-3/h1-2H2,(H,4,5,6,7). The van der Waals surface area contributed by atoms with E-state index in [1.54, 1.807) is 0 Å². The fraction of sp³-hybridized carbons (Fsp3) is 0.333. The van der Waals surface area contributed by atoms with Crippen molar-refractivity contribution < 1.29 is 0 Å². The molecular weight excluding hydrogens is 92.1 g/mol. The highest BCUT2D eigenvalue weighted by atomic mass is 15.5. The van der Waals surface area contributed by atoms with E-state index in [2.05, 4.69) is 27.5 Å². The summed E-state index contributed by atoms with van der Waals surface area (Å²) in [6, 6.07) is 0. The second kappa shape index (κ2) is 1.68. The number of nitrogens with one attached hydrogen (secondary N) is 1. The largest absolute Gasteiger partial charge is 0.243 e. The van der Waals surface area contributed by atoms with Crippen molar-refractivity contribution in [2.45, 2.75) is 6.42 Å². The number of hydrogen-bond acceptors (Lipinski definition) is 3. The van der Waals surface area contributed by atoms with Crippen LogP contribution in [0.4, 0.5) is 0 Å². The molecule has 1 aromatic heterocycles. The quantitative estimate of drug-likeness (QED) is 0.517. The molecule has 0 atom stereocenters. The number of rotatable bonds is 1. The van der Waals surface area contributed by atoms with Crippen LogP contribution in [-0.4, -0.2) is 20.6 Å². The number of nitrogens with zero attached hydrogens (tertiary/aromatic N) is 3. The third-order valence-corrected chi connectivity index (χ3v) is 0.626. The molecule has 0 saturated carbocycles. The van der Waals surface area contributed by atoms with E-state index in [9.17, 15) is 0 Å². The molecule has 7 heavy (non-hydrogen) atoms. The van der Waals surface area contributed by atoms with Crippen LogP contribution in [0.25, 0.3) is 0 Å². The fourth-order valence-corrected chi connectivity index (χ4v) is 0.285. The average molecular weight is 97.1 g/mol. The Balaban J connectivity index is 2.76. The molecule has 1 rings (SSSR count). The zero-order valence-electron chi connectivity index (χ0n) is 3.76. The zero-order chi connectivity index (χ0) is 5.11. The molecule has 0 aromatic carbocycles. The Hall–Kier alpha value is -0.930. The molecule has 0 amide bonds. The summed E-state index contributed by atoms with van der Waals surface area (Å²) in [7, 11) is 0. The van der Waals surface area contributed by atoms with Crippen molar-refractivity contribution in [1.29, 1.82) is 0 Å². The smallest absolute Gasteiger partial charge is 0.148 e. The first-order valence-electron chi connectivity index (χ1n) is 1.95. The Morgan fingerprint density at radius 2 is 2.57 bits per heavy atom. The number of aromatic nitrogens is 4. The summed E-state index contributed by atoms with van der Waals surface area (Å²) in [6.07, 6.45) is 0.618. The molecule has 0 unspecified atom stereocenters. The summed E-state index contributed by atoms with van der Waals surface area (Å²) >= 11 is 0. The van der Waals surface area contributed by atoms with Crippen molar-refractivity contribution in [3.05, 3.63) is 12.7 Å². The van der Waals surface area contributed by atoms with E-state index in [0.29, 0.717) is 6.42 Å². The van der Waals surface area contributed by atoms with E-state index in [0.717, 1.165) is 5.82 Å². The van der Waals surface area contributed by atoms with Gasteiger partial charge in [-0.15, -0.1) is 5.10 Å². The summed E-state index contributed by atoms with van der Waals surface area (Å²) in [5.74, 6) is 0.722. The van der Waals surface area contributed by atoms with Crippen LogP contribution in [0.15, 0.2) is 0 Å². The molecule has 4 nitrogen and oxygen atoms in total. The predicted molar refractivity (Wildman–Crippen MR) is 23.2 cm³/mol. The summed E-state index contributed by atoms with van der Waals surface area (Å²) in [5, 5.41) is 12.8. The average Bonchev–Trinajstić information content (AvgIpc) is 2.14. The van der Waals surface area contributed by atoms with Crippen LogP contribution in [-0.2, 0) is 6.42 Å². The number of tetrazole rings is 1. The molecule has 1 heterocycles. The van der Waals surface area contributed by atoms with Gasteiger partial charge in [0.1, 0.15) is 5.82 Å². The van der Waals surface area contributed by atoms with Gasteiger partial charge in [0.05, 0.1) is 0 Å². The van der Waals surface area contributed by atoms with Gasteiger partial charge in [0.2, 0.25) is 0 Å². The first-order chi connectivity index (χ1) is 3.43. The van der Waals surface area contributed by atoms with Crippen LogP contribution in [0.5, 0.6) is 0 Å². The second-order valence-electron chi connectivity index (χ2n) is 1.10. The van der Waals surface area contributed by atoms with Crippen molar-refractivity contribution in [1.82, 2.24) is 20.6 Å². The molecule has 0 spiro atoms. The lowest BCUT2D eigenvalue weighted by molar-refractivity contribution is 0.881. The Kier molecular flexibility index (Phi) is 1.02. The van der Waals surface area contributed by atoms with E-state index < -0.39 is 0 Å². The molecule has 1 aromatic rings. The molecule has 0 saturated heterocycles. The van der Waals surface area contributed by atoms with Crippen LogP contribution in [0, 0.1) is 6.92 Å². The van der Waals surface area contributed by atoms with Crippen LogP contribution in [0.2, 0.25) is 0 Å². The Bertz CT molecular complexity index is 121. The van der Waals surface area contributed by atoms with Crippen molar-refractivity contribution in [2.24, 2.45) is 0 Å². The van der Waals surface area contributed by atoms with Gasteiger partial charge in [0, 0.05) is 6.42 Å². The molecule has 4 heteroatoms. The summed E-state index contributed by atoms with van der Waals surface area (Å²) in [6.45, 7) is 3.55. The maximum Gasteiger partial charge on any atom is 0.148 e. The van der Waals surface area contributed by atoms with E-state index in [-0.39, 0.29) is 0 Å². The van der Waals surface area contributed by atoms with Gasteiger partial charge in [-0.05, 0) is 17.4 Å². The van der Waals surface area contributed by atoms with Crippen LogP contribution in [0.1, 0.15) is 5.82 Å². The summed E-state index contributed by atoms with van der Waals surface area (Å²) in [5.41, 5.74) is 0. The third kappa shape index (κ3) is 0.734. The summed E-state index contributed by atoms with van der Waals surface area (Å²) in [4.78, 5) is 0. The minimum absolute atomic E-state index is 0.618. The predicted octanol–water partition coefficient (Wildman–Crippen LogP) is -0.424. The highest BCUT2D eigenvalue weighted by Gasteiger charge is 1.86. The summed E-state index contributed by atoms with van der Waals surface area (Å²) < 4.78 is 0. The first-order valence-corrected chi connectivity index (χ1v) is 1.95. The van der Waals surface area contributed by atoms with Gasteiger partial charge in [-0.2, -0.15) is 0 Å². The van der Waals surface area contributed by atoms with Gasteiger partial charge in [0.15, 0.2) is 0 Å². The van der Waals surface area contributed by atoms with E-state index in [4.69, 9.17) is 0 Å². The van der Waals surface area contributed by atoms with Crippen molar-refractivity contribution >= 4 is 0 Å². The lowest BCUT2D eigenvalue weighted by Gasteiger charge is -1.74. The molecular formula is C3H5N4. The van der Waals surface area contributed by atoms with Crippen LogP contribution < -0.4 is 0 Å². The molecule has 0 aliphatic carbocycles. The topological polar surface area (TPSA) is 54.5 Å². The van der Waals surface area contributed by atoms with E-state index >= 15 is 0 Å². The zero-order valence-corrected chi connectivity index (χ0v) is 3.76. The molecule has 1 radical (unpaired) electrons. The Labute approximate surface area is 40.9 Å². The SMILES string of the molecule is [CH2]Cc1nnn[nH]1. The van der Waals surface area contributed by atoms with Gasteiger partial charge in [-0.1, -0.05) is 0 Å². The Morgan fingerprint density at radius 1 is 1.71 bits per heavy atom. The number of H-pyrrole nitrogens is 1. The lowest BCUT2D eigenvalue weighted by Crippen LogP contribution is -1.80. The van der Waals surface area contributed by atoms with Crippen molar-refractivity contribution in [3.8, 4) is 0 Å². The van der Waals surface area contributed by atoms with Crippen LogP contribution >= 0.6 is 0 Å². The minimum Gasteiger partial charge on any atom is -0.243 e. The van der Waals surface area contributed by atoms with E-state index in [1.165, 1.54) is 0 Å². The maximum atomic E-state index is 3.56. The maximum absolute atomic E-state index is 3.56. The lowest BCUT2D eigenvalue weighted by atomic mass is 10.5. The number of aromatic amines is 1. The molecule has 0 bridgehead atoms. The normalized spacial score (nSPS) is 9.29. The van der Waals surface area contributed by atoms with Gasteiger partial charge in [-0.25, -0.2) is 5.10 Å². The molecule has 0 fully saturated rings. The van der Waals surface area contributed by atoms with Crippen LogP contribution in [0.3, 0.4) is 0 Å². The molecule has 1 N–H and O–H groups in total. The second-order valence-corrected chi connectivity index (χ2v) is 1.10. The third-order valence-electron chi connectivity index (χ3n) is 0.626.